The van der Waals surface area contributed by atoms with E-state index in [1.807, 2.05) is 11.9 Å². The Kier molecular flexibility index (Phi) is 6.38. The fourth-order valence-electron chi connectivity index (χ4n) is 3.18. The van der Waals surface area contributed by atoms with Gasteiger partial charge in [0.15, 0.2) is 0 Å². The van der Waals surface area contributed by atoms with Crippen molar-refractivity contribution < 1.29 is 9.90 Å². The van der Waals surface area contributed by atoms with Crippen LogP contribution in [-0.2, 0) is 17.9 Å². The van der Waals surface area contributed by atoms with Crippen molar-refractivity contribution in [3.63, 3.8) is 0 Å². The monoisotopic (exact) mass is 333 g/mol. The molecule has 0 spiro atoms. The Morgan fingerprint density at radius 3 is 2.38 bits per heavy atom. The molecule has 24 heavy (non-hydrogen) atoms. The van der Waals surface area contributed by atoms with Gasteiger partial charge in [-0.05, 0) is 51.6 Å². The Bertz CT molecular complexity index is 580. The first-order valence-corrected chi connectivity index (χ1v) is 8.71. The van der Waals surface area contributed by atoms with Crippen LogP contribution in [0.1, 0.15) is 29.2 Å². The van der Waals surface area contributed by atoms with Gasteiger partial charge in [-0.3, -0.25) is 14.6 Å². The van der Waals surface area contributed by atoms with Crippen LogP contribution in [-0.4, -0.2) is 72.1 Å². The quantitative estimate of drug-likeness (QED) is 0.862. The molecule has 0 unspecified atom stereocenters. The van der Waals surface area contributed by atoms with Crippen molar-refractivity contribution in [3.8, 4) is 0 Å². The Morgan fingerprint density at radius 2 is 1.79 bits per heavy atom. The summed E-state index contributed by atoms with van der Waals surface area (Å²) in [5.41, 5.74) is 5.14. The first-order valence-electron chi connectivity index (χ1n) is 8.71. The zero-order valence-corrected chi connectivity index (χ0v) is 15.7. The van der Waals surface area contributed by atoms with E-state index in [9.17, 15) is 9.90 Å². The van der Waals surface area contributed by atoms with Crippen LogP contribution in [0.25, 0.3) is 0 Å². The number of aliphatic carboxylic acids is 1. The molecule has 5 heteroatoms. The summed E-state index contributed by atoms with van der Waals surface area (Å²) in [4.78, 5) is 18.0. The van der Waals surface area contributed by atoms with Gasteiger partial charge in [0.2, 0.25) is 0 Å². The number of nitrogens with zero attached hydrogens (tertiary/aromatic N) is 3. The molecule has 0 aliphatic carbocycles. The molecule has 2 rings (SSSR count). The van der Waals surface area contributed by atoms with Gasteiger partial charge < -0.3 is 10.0 Å². The van der Waals surface area contributed by atoms with Crippen molar-refractivity contribution in [2.45, 2.75) is 39.9 Å². The van der Waals surface area contributed by atoms with Gasteiger partial charge in [0, 0.05) is 39.3 Å². The summed E-state index contributed by atoms with van der Waals surface area (Å²) >= 11 is 0. The number of benzene rings is 1. The molecule has 0 amide bonds. The van der Waals surface area contributed by atoms with Crippen LogP contribution in [0, 0.1) is 13.8 Å². The number of aryl methyl sites for hydroxylation is 1. The smallest absolute Gasteiger partial charge is 0.320 e. The van der Waals surface area contributed by atoms with E-state index in [1.54, 1.807) is 6.92 Å². The Labute approximate surface area is 145 Å². The molecule has 1 aliphatic heterocycles. The lowest BCUT2D eigenvalue weighted by Crippen LogP contribution is -2.44. The van der Waals surface area contributed by atoms with E-state index in [2.05, 4.69) is 42.8 Å². The zero-order valence-electron chi connectivity index (χ0n) is 15.7. The summed E-state index contributed by atoms with van der Waals surface area (Å²) < 4.78 is 0. The molecule has 1 aromatic rings. The van der Waals surface area contributed by atoms with Crippen molar-refractivity contribution in [1.82, 2.24) is 14.7 Å². The lowest BCUT2D eigenvalue weighted by atomic mass is 9.97. The number of carbonyl (C=O) groups is 1. The molecule has 1 atom stereocenters. The van der Waals surface area contributed by atoms with Gasteiger partial charge in [-0.15, -0.1) is 0 Å². The Hall–Kier alpha value is -1.43. The van der Waals surface area contributed by atoms with Crippen molar-refractivity contribution in [1.29, 1.82) is 0 Å². The summed E-state index contributed by atoms with van der Waals surface area (Å²) in [5, 5.41) is 9.19. The second-order valence-corrected chi connectivity index (χ2v) is 7.22. The van der Waals surface area contributed by atoms with E-state index < -0.39 is 12.0 Å². The van der Waals surface area contributed by atoms with Gasteiger partial charge in [-0.1, -0.05) is 17.7 Å². The minimum atomic E-state index is -0.777. The molecular weight excluding hydrogens is 302 g/mol. The van der Waals surface area contributed by atoms with Crippen LogP contribution in [0.15, 0.2) is 12.1 Å². The topological polar surface area (TPSA) is 47.0 Å². The van der Waals surface area contributed by atoms with Crippen LogP contribution in [0.3, 0.4) is 0 Å². The third kappa shape index (κ3) is 4.79. The van der Waals surface area contributed by atoms with Gasteiger partial charge >= 0.3 is 5.97 Å². The maximum atomic E-state index is 11.2. The average Bonchev–Trinajstić information content (AvgIpc) is 2.53. The zero-order chi connectivity index (χ0) is 17.9. The second-order valence-electron chi connectivity index (χ2n) is 7.22. The van der Waals surface area contributed by atoms with Crippen LogP contribution in [0.5, 0.6) is 0 Å². The van der Waals surface area contributed by atoms with Gasteiger partial charge in [0.1, 0.15) is 6.04 Å². The first kappa shape index (κ1) is 18.9. The van der Waals surface area contributed by atoms with Crippen LogP contribution in [0.4, 0.5) is 0 Å². The maximum absolute atomic E-state index is 11.2. The lowest BCUT2D eigenvalue weighted by Gasteiger charge is -2.33. The molecule has 1 aromatic carbocycles. The summed E-state index contributed by atoms with van der Waals surface area (Å²) in [6, 6.07) is 3.98. The Morgan fingerprint density at radius 1 is 1.21 bits per heavy atom. The number of piperazine rings is 1. The average molecular weight is 333 g/mol. The van der Waals surface area contributed by atoms with Crippen LogP contribution >= 0.6 is 0 Å². The standard InChI is InChI=1S/C19H31N3O2/c1-14-10-17(12-21(5)16(3)19(23)24)15(2)18(11-14)13-22-8-6-20(4)7-9-22/h10-11,16H,6-9,12-13H2,1-5H3,(H,23,24)/t16-/m1/s1. The molecule has 1 aliphatic rings. The number of hydrogen-bond acceptors (Lipinski definition) is 4. The third-order valence-corrected chi connectivity index (χ3v) is 5.20. The third-order valence-electron chi connectivity index (χ3n) is 5.20. The predicted octanol–water partition coefficient (Wildman–Crippen LogP) is 1.96. The number of rotatable bonds is 6. The predicted molar refractivity (Wildman–Crippen MR) is 97.3 cm³/mol. The van der Waals surface area contributed by atoms with Gasteiger partial charge in [-0.25, -0.2) is 0 Å². The number of hydrogen-bond donors (Lipinski definition) is 1. The lowest BCUT2D eigenvalue weighted by molar-refractivity contribution is -0.142. The van der Waals surface area contributed by atoms with E-state index in [0.29, 0.717) is 6.54 Å². The molecule has 0 radical (unpaired) electrons. The van der Waals surface area contributed by atoms with E-state index in [4.69, 9.17) is 0 Å². The van der Waals surface area contributed by atoms with Crippen LogP contribution in [0.2, 0.25) is 0 Å². The molecule has 0 bridgehead atoms. The number of carboxylic acid groups (broad SMARTS) is 1. The second kappa shape index (κ2) is 8.10. The van der Waals surface area contributed by atoms with E-state index in [1.165, 1.54) is 22.3 Å². The largest absolute Gasteiger partial charge is 0.480 e. The number of carboxylic acids is 1. The normalized spacial score (nSPS) is 18.1. The molecule has 0 saturated carbocycles. The van der Waals surface area contributed by atoms with E-state index >= 15 is 0 Å². The Balaban J connectivity index is 2.13. The summed E-state index contributed by atoms with van der Waals surface area (Å²) in [6.07, 6.45) is 0. The van der Waals surface area contributed by atoms with Gasteiger partial charge in [0.25, 0.3) is 0 Å². The van der Waals surface area contributed by atoms with Crippen molar-refractivity contribution in [3.05, 3.63) is 34.4 Å². The highest BCUT2D eigenvalue weighted by molar-refractivity contribution is 5.72. The van der Waals surface area contributed by atoms with Crippen molar-refractivity contribution >= 4 is 5.97 Å². The van der Waals surface area contributed by atoms with E-state index in [0.717, 1.165) is 32.7 Å². The molecule has 134 valence electrons. The highest BCUT2D eigenvalue weighted by atomic mass is 16.4. The summed E-state index contributed by atoms with van der Waals surface area (Å²) in [6.45, 7) is 12.1. The first-order chi connectivity index (χ1) is 11.3. The summed E-state index contributed by atoms with van der Waals surface area (Å²) in [5.74, 6) is -0.777. The van der Waals surface area contributed by atoms with Gasteiger partial charge in [-0.2, -0.15) is 0 Å². The number of likely N-dealkylation sites (N-methyl/N-ethyl adjacent to an activating group) is 2. The fraction of sp³-hybridized carbons (Fsp3) is 0.632. The fourth-order valence-corrected chi connectivity index (χ4v) is 3.18. The van der Waals surface area contributed by atoms with Crippen LogP contribution < -0.4 is 0 Å². The highest BCUT2D eigenvalue weighted by Gasteiger charge is 2.19. The molecular formula is C19H31N3O2. The molecule has 1 N–H and O–H groups in total. The van der Waals surface area contributed by atoms with E-state index in [-0.39, 0.29) is 0 Å². The summed E-state index contributed by atoms with van der Waals surface area (Å²) in [7, 11) is 4.05. The molecule has 0 aromatic heterocycles. The highest BCUT2D eigenvalue weighted by Crippen LogP contribution is 2.21. The van der Waals surface area contributed by atoms with Crippen molar-refractivity contribution in [2.75, 3.05) is 40.3 Å². The minimum absolute atomic E-state index is 0.481. The minimum Gasteiger partial charge on any atom is -0.480 e. The molecule has 1 heterocycles. The maximum Gasteiger partial charge on any atom is 0.320 e. The molecule has 1 fully saturated rings. The molecule has 5 nitrogen and oxygen atoms in total. The molecule has 1 saturated heterocycles. The SMILES string of the molecule is Cc1cc(CN2CCN(C)CC2)c(C)c(CN(C)[C@H](C)C(=O)O)c1. The van der Waals surface area contributed by atoms with Gasteiger partial charge in [0.05, 0.1) is 0 Å². The van der Waals surface area contributed by atoms with Crippen molar-refractivity contribution in [2.24, 2.45) is 0 Å².